The highest BCUT2D eigenvalue weighted by Gasteiger charge is 2.35. The van der Waals surface area contributed by atoms with Gasteiger partial charge in [-0.1, -0.05) is 11.8 Å². The molecule has 0 saturated carbocycles. The molecule has 1 atom stereocenters. The summed E-state index contributed by atoms with van der Waals surface area (Å²) in [4.78, 5) is 43.0. The van der Waals surface area contributed by atoms with Gasteiger partial charge in [0.25, 0.3) is 0 Å². The number of nitrogens with one attached hydrogen (secondary N) is 1. The molecule has 0 spiro atoms. The summed E-state index contributed by atoms with van der Waals surface area (Å²) in [7, 11) is 0. The zero-order valence-corrected chi connectivity index (χ0v) is 17.9. The number of amides is 2. The van der Waals surface area contributed by atoms with Crippen LogP contribution in [0.2, 0.25) is 0 Å². The molecule has 162 valence electrons. The van der Waals surface area contributed by atoms with Crippen LogP contribution in [0.4, 0.5) is 15.8 Å². The fourth-order valence-corrected chi connectivity index (χ4v) is 4.07. The maximum Gasteiger partial charge on any atom is 0.338 e. The molecule has 0 aliphatic carbocycles. The third-order valence-electron chi connectivity index (χ3n) is 4.46. The van der Waals surface area contributed by atoms with Crippen LogP contribution in [0.15, 0.2) is 53.5 Å². The predicted molar refractivity (Wildman–Crippen MR) is 118 cm³/mol. The molecule has 2 aromatic rings. The molecule has 1 fully saturated rings. The van der Waals surface area contributed by atoms with Crippen LogP contribution in [0.1, 0.15) is 30.6 Å². The van der Waals surface area contributed by atoms with Gasteiger partial charge in [-0.2, -0.15) is 0 Å². The van der Waals surface area contributed by atoms with E-state index in [1.807, 2.05) is 6.92 Å². The molecule has 1 unspecified atom stereocenters. The van der Waals surface area contributed by atoms with Gasteiger partial charge < -0.3 is 10.1 Å². The van der Waals surface area contributed by atoms with Crippen LogP contribution in [-0.4, -0.2) is 46.3 Å². The van der Waals surface area contributed by atoms with Crippen LogP contribution in [0.3, 0.4) is 0 Å². The highest BCUT2D eigenvalue weighted by atomic mass is 32.2. The molecule has 3 rings (SSSR count). The minimum Gasteiger partial charge on any atom is -0.462 e. The van der Waals surface area contributed by atoms with Crippen molar-refractivity contribution in [3.8, 4) is 0 Å². The number of esters is 1. The number of halogens is 1. The molecule has 1 N–H and O–H groups in total. The number of rotatable bonds is 6. The Bertz CT molecular complexity index is 993. The standard InChI is InChI=1S/C22H22FN3O4S/c1-3-26-19(27)13-18(31-22(26)25-17-11-7-15(23)8-12-17)20(28)24-16-9-5-14(6-10-16)21(29)30-4-2/h5-12,18H,3-4,13H2,1-2H3,(H,24,28). The number of nitrogens with zero attached hydrogens (tertiary/aromatic N) is 2. The number of thioether (sulfide) groups is 1. The van der Waals surface area contributed by atoms with Gasteiger partial charge in [0.05, 0.1) is 17.9 Å². The Morgan fingerprint density at radius 1 is 1.16 bits per heavy atom. The molecule has 1 heterocycles. The Labute approximate surface area is 183 Å². The van der Waals surface area contributed by atoms with E-state index in [0.717, 1.165) is 0 Å². The van der Waals surface area contributed by atoms with Gasteiger partial charge in [0, 0.05) is 18.7 Å². The minimum atomic E-state index is -0.667. The van der Waals surface area contributed by atoms with E-state index in [2.05, 4.69) is 10.3 Å². The lowest BCUT2D eigenvalue weighted by atomic mass is 10.2. The van der Waals surface area contributed by atoms with Crippen molar-refractivity contribution in [1.82, 2.24) is 4.90 Å². The normalized spacial score (nSPS) is 17.5. The lowest BCUT2D eigenvalue weighted by Gasteiger charge is -2.30. The zero-order chi connectivity index (χ0) is 22.4. The molecule has 7 nitrogen and oxygen atoms in total. The number of anilines is 1. The van der Waals surface area contributed by atoms with Crippen molar-refractivity contribution in [2.24, 2.45) is 4.99 Å². The number of carbonyl (C=O) groups excluding carboxylic acids is 3. The molecule has 9 heteroatoms. The third-order valence-corrected chi connectivity index (χ3v) is 5.65. The second-order valence-electron chi connectivity index (χ2n) is 6.61. The van der Waals surface area contributed by atoms with Crippen molar-refractivity contribution in [2.45, 2.75) is 25.5 Å². The summed E-state index contributed by atoms with van der Waals surface area (Å²) in [5.74, 6) is -1.37. The predicted octanol–water partition coefficient (Wildman–Crippen LogP) is 3.98. The molecule has 2 amide bonds. The average molecular weight is 444 g/mol. The second kappa shape index (κ2) is 10.2. The minimum absolute atomic E-state index is 0.0354. The van der Waals surface area contributed by atoms with E-state index in [0.29, 0.717) is 28.7 Å². The molecular weight excluding hydrogens is 421 g/mol. The van der Waals surface area contributed by atoms with Crippen molar-refractivity contribution in [1.29, 1.82) is 0 Å². The summed E-state index contributed by atoms with van der Waals surface area (Å²) in [5.41, 5.74) is 1.38. The van der Waals surface area contributed by atoms with Crippen molar-refractivity contribution in [3.63, 3.8) is 0 Å². The molecule has 2 aromatic carbocycles. The van der Waals surface area contributed by atoms with Crippen LogP contribution >= 0.6 is 11.8 Å². The highest BCUT2D eigenvalue weighted by molar-refractivity contribution is 8.15. The van der Waals surface area contributed by atoms with E-state index in [1.54, 1.807) is 31.2 Å². The first kappa shape index (κ1) is 22.5. The van der Waals surface area contributed by atoms with E-state index in [9.17, 15) is 18.8 Å². The number of hydrogen-bond acceptors (Lipinski definition) is 6. The van der Waals surface area contributed by atoms with Crippen molar-refractivity contribution in [3.05, 3.63) is 59.9 Å². The van der Waals surface area contributed by atoms with Gasteiger partial charge in [-0.3, -0.25) is 14.5 Å². The van der Waals surface area contributed by atoms with Gasteiger partial charge in [-0.25, -0.2) is 14.2 Å². The summed E-state index contributed by atoms with van der Waals surface area (Å²) >= 11 is 1.18. The van der Waals surface area contributed by atoms with Gasteiger partial charge in [0.2, 0.25) is 11.8 Å². The first-order chi connectivity index (χ1) is 14.9. The van der Waals surface area contributed by atoms with Gasteiger partial charge in [0.15, 0.2) is 5.17 Å². The third kappa shape index (κ3) is 5.69. The van der Waals surface area contributed by atoms with Gasteiger partial charge in [-0.05, 0) is 62.4 Å². The van der Waals surface area contributed by atoms with Crippen LogP contribution in [0.25, 0.3) is 0 Å². The topological polar surface area (TPSA) is 88.1 Å². The van der Waals surface area contributed by atoms with Crippen LogP contribution in [0, 0.1) is 5.82 Å². The largest absolute Gasteiger partial charge is 0.462 e. The molecule has 1 saturated heterocycles. The summed E-state index contributed by atoms with van der Waals surface area (Å²) in [5, 5.41) is 2.49. The number of carbonyl (C=O) groups is 3. The molecule has 0 bridgehead atoms. The molecule has 31 heavy (non-hydrogen) atoms. The number of ether oxygens (including phenoxy) is 1. The van der Waals surface area contributed by atoms with Gasteiger partial charge in [-0.15, -0.1) is 0 Å². The van der Waals surface area contributed by atoms with Crippen molar-refractivity contribution in [2.75, 3.05) is 18.5 Å². The highest BCUT2D eigenvalue weighted by Crippen LogP contribution is 2.29. The van der Waals surface area contributed by atoms with E-state index in [1.165, 1.54) is 40.9 Å². The van der Waals surface area contributed by atoms with E-state index < -0.39 is 11.2 Å². The monoisotopic (exact) mass is 443 g/mol. The Balaban J connectivity index is 1.73. The van der Waals surface area contributed by atoms with Gasteiger partial charge >= 0.3 is 5.97 Å². The first-order valence-corrected chi connectivity index (χ1v) is 10.7. The summed E-state index contributed by atoms with van der Waals surface area (Å²) in [6.07, 6.45) is 0.0354. The number of benzene rings is 2. The molecule has 0 aromatic heterocycles. The van der Waals surface area contributed by atoms with Crippen molar-refractivity contribution >= 4 is 46.1 Å². The summed E-state index contributed by atoms with van der Waals surface area (Å²) in [6, 6.07) is 11.9. The van der Waals surface area contributed by atoms with Crippen LogP contribution in [0.5, 0.6) is 0 Å². The van der Waals surface area contributed by atoms with Crippen LogP contribution in [-0.2, 0) is 14.3 Å². The fourth-order valence-electron chi connectivity index (χ4n) is 2.91. The SMILES string of the molecule is CCOC(=O)c1ccc(NC(=O)C2CC(=O)N(CC)C(=Nc3ccc(F)cc3)S2)cc1. The maximum absolute atomic E-state index is 13.2. The Morgan fingerprint density at radius 2 is 1.84 bits per heavy atom. The summed E-state index contributed by atoms with van der Waals surface area (Å²) in [6.45, 7) is 4.24. The summed E-state index contributed by atoms with van der Waals surface area (Å²) < 4.78 is 18.1. The maximum atomic E-state index is 13.2. The fraction of sp³-hybridized carbons (Fsp3) is 0.273. The Hall–Kier alpha value is -3.20. The number of hydrogen-bond donors (Lipinski definition) is 1. The smallest absolute Gasteiger partial charge is 0.338 e. The number of aliphatic imine (C=N–C) groups is 1. The van der Waals surface area contributed by atoms with Gasteiger partial charge in [0.1, 0.15) is 11.1 Å². The molecule has 1 aliphatic heterocycles. The molecule has 0 radical (unpaired) electrons. The Kier molecular flexibility index (Phi) is 7.41. The van der Waals surface area contributed by atoms with Crippen molar-refractivity contribution < 1.29 is 23.5 Å². The van der Waals surface area contributed by atoms with E-state index in [4.69, 9.17) is 4.74 Å². The second-order valence-corrected chi connectivity index (χ2v) is 7.78. The molecule has 1 aliphatic rings. The lowest BCUT2D eigenvalue weighted by Crippen LogP contribution is -2.45. The Morgan fingerprint density at radius 3 is 2.45 bits per heavy atom. The van der Waals surface area contributed by atoms with E-state index in [-0.39, 0.29) is 30.7 Å². The zero-order valence-electron chi connectivity index (χ0n) is 17.1. The quantitative estimate of drug-likeness (QED) is 0.683. The average Bonchev–Trinajstić information content (AvgIpc) is 2.76. The first-order valence-electron chi connectivity index (χ1n) is 9.80. The molecular formula is C22H22FN3O4S. The van der Waals surface area contributed by atoms with E-state index >= 15 is 0 Å². The lowest BCUT2D eigenvalue weighted by molar-refractivity contribution is -0.129. The number of amidine groups is 1. The van der Waals surface area contributed by atoms with Crippen LogP contribution < -0.4 is 5.32 Å².